The van der Waals surface area contributed by atoms with E-state index in [9.17, 15) is 9.65 Å². The molecule has 1 unspecified atom stereocenters. The molecule has 1 heterocycles. The van der Waals surface area contributed by atoms with E-state index in [1.165, 1.54) is 18.3 Å². The third kappa shape index (κ3) is 5.58. The van der Waals surface area contributed by atoms with Gasteiger partial charge in [-0.15, -0.1) is 0 Å². The molecule has 168 valence electrons. The molecule has 0 aliphatic rings. The van der Waals surface area contributed by atoms with Gasteiger partial charge in [0, 0.05) is 29.4 Å². The van der Waals surface area contributed by atoms with Gasteiger partial charge in [-0.25, -0.2) is 4.39 Å². The Balaban J connectivity index is 2.07. The zero-order chi connectivity index (χ0) is 23.3. The van der Waals surface area contributed by atoms with Gasteiger partial charge in [0.05, 0.1) is 34.1 Å². The first-order valence-electron chi connectivity index (χ1n) is 10.4. The zero-order valence-electron chi connectivity index (χ0n) is 18.7. The molecule has 3 aromatic rings. The van der Waals surface area contributed by atoms with Crippen LogP contribution in [0.25, 0.3) is 10.9 Å². The zero-order valence-corrected chi connectivity index (χ0v) is 19.4. The summed E-state index contributed by atoms with van der Waals surface area (Å²) in [5.41, 5.74) is 3.02. The summed E-state index contributed by atoms with van der Waals surface area (Å²) in [5.74, 6) is 0.196. The van der Waals surface area contributed by atoms with E-state index in [0.29, 0.717) is 34.8 Å². The Morgan fingerprint density at radius 3 is 2.72 bits per heavy atom. The summed E-state index contributed by atoms with van der Waals surface area (Å²) >= 11 is 5.94. The topological polar surface area (TPSA) is 73.2 Å². The molecule has 2 N–H and O–H groups in total. The smallest absolute Gasteiger partial charge is 0.144 e. The van der Waals surface area contributed by atoms with E-state index in [1.54, 1.807) is 6.07 Å². The van der Waals surface area contributed by atoms with E-state index in [2.05, 4.69) is 33.5 Å². The highest BCUT2D eigenvalue weighted by molar-refractivity contribution is 6.31. The van der Waals surface area contributed by atoms with Crippen molar-refractivity contribution in [2.24, 2.45) is 0 Å². The highest BCUT2D eigenvalue weighted by Gasteiger charge is 2.16. The maximum atomic E-state index is 13.6. The number of hydrogen-bond acceptors (Lipinski definition) is 6. The summed E-state index contributed by atoms with van der Waals surface area (Å²) in [7, 11) is 4.09. The van der Waals surface area contributed by atoms with Gasteiger partial charge in [0.15, 0.2) is 0 Å². The molecule has 0 bridgehead atoms. The van der Waals surface area contributed by atoms with Crippen molar-refractivity contribution in [1.29, 1.82) is 5.26 Å². The molecule has 1 atom stereocenters. The molecule has 1 aromatic heterocycles. The first-order chi connectivity index (χ1) is 15.3. The van der Waals surface area contributed by atoms with E-state index in [-0.39, 0.29) is 11.1 Å². The first-order valence-corrected chi connectivity index (χ1v) is 10.8. The average molecular weight is 456 g/mol. The predicted octanol–water partition coefficient (Wildman–Crippen LogP) is 5.79. The van der Waals surface area contributed by atoms with Crippen LogP contribution in [0.3, 0.4) is 0 Å². The molecule has 0 saturated heterocycles. The van der Waals surface area contributed by atoms with Crippen molar-refractivity contribution in [1.82, 2.24) is 9.88 Å². The minimum absolute atomic E-state index is 0.00238. The summed E-state index contributed by atoms with van der Waals surface area (Å²) in [6, 6.07) is 10.5. The molecular formula is C24H27ClFN5O. The summed E-state index contributed by atoms with van der Waals surface area (Å²) in [6.07, 6.45) is 2.46. The molecule has 32 heavy (non-hydrogen) atoms. The minimum atomic E-state index is -0.503. The molecule has 0 fully saturated rings. The van der Waals surface area contributed by atoms with Crippen molar-refractivity contribution in [2.45, 2.75) is 26.3 Å². The second-order valence-electron chi connectivity index (χ2n) is 7.85. The quantitative estimate of drug-likeness (QED) is 0.425. The number of ether oxygens (including phenoxy) is 1. The van der Waals surface area contributed by atoms with Gasteiger partial charge in [0.25, 0.3) is 0 Å². The number of nitrogens with zero attached hydrogens (tertiary/aromatic N) is 3. The normalized spacial score (nSPS) is 11.9. The van der Waals surface area contributed by atoms with Gasteiger partial charge < -0.3 is 20.3 Å². The lowest BCUT2D eigenvalue weighted by Gasteiger charge is -2.21. The third-order valence-corrected chi connectivity index (χ3v) is 5.28. The Kier molecular flexibility index (Phi) is 7.73. The Hall–Kier alpha value is -3.08. The molecular weight excluding hydrogens is 429 g/mol. The summed E-state index contributed by atoms with van der Waals surface area (Å²) in [4.78, 5) is 6.59. The number of nitriles is 1. The van der Waals surface area contributed by atoms with Gasteiger partial charge in [0.2, 0.25) is 0 Å². The molecule has 8 heteroatoms. The van der Waals surface area contributed by atoms with Crippen molar-refractivity contribution in [3.63, 3.8) is 0 Å². The van der Waals surface area contributed by atoms with Crippen molar-refractivity contribution in [2.75, 3.05) is 37.9 Å². The van der Waals surface area contributed by atoms with Gasteiger partial charge >= 0.3 is 0 Å². The predicted molar refractivity (Wildman–Crippen MR) is 129 cm³/mol. The summed E-state index contributed by atoms with van der Waals surface area (Å²) in [6.45, 7) is 5.51. The number of anilines is 3. The molecule has 0 saturated carbocycles. The lowest BCUT2D eigenvalue weighted by Crippen LogP contribution is -2.23. The lowest BCUT2D eigenvalue weighted by atomic mass is 10.1. The van der Waals surface area contributed by atoms with Crippen LogP contribution in [-0.4, -0.2) is 43.2 Å². The second kappa shape index (κ2) is 10.5. The highest BCUT2D eigenvalue weighted by Crippen LogP contribution is 2.37. The molecule has 3 rings (SSSR count). The fourth-order valence-electron chi connectivity index (χ4n) is 3.33. The number of hydrogen-bond donors (Lipinski definition) is 2. The number of rotatable bonds is 9. The maximum absolute atomic E-state index is 13.6. The monoisotopic (exact) mass is 455 g/mol. The molecule has 0 aliphatic carbocycles. The fourth-order valence-corrected chi connectivity index (χ4v) is 3.52. The van der Waals surface area contributed by atoms with Gasteiger partial charge in [-0.3, -0.25) is 4.98 Å². The SMILES string of the molecule is CCOc1cc2ncc(C#N)c(Nc3ccc(F)c(Cl)c3)c2cc1NC(C)CCN(C)C. The number of halogens is 2. The van der Waals surface area contributed by atoms with E-state index in [4.69, 9.17) is 16.3 Å². The maximum Gasteiger partial charge on any atom is 0.144 e. The van der Waals surface area contributed by atoms with Crippen LogP contribution in [-0.2, 0) is 0 Å². The third-order valence-electron chi connectivity index (χ3n) is 4.99. The standard InChI is InChI=1S/C24H27ClFN5O/c1-5-32-23-12-21-18(11-22(23)29-15(2)8-9-31(3)4)24(16(13-27)14-28-21)30-17-6-7-20(26)19(25)10-17/h6-7,10-12,14-15,29H,5,8-9H2,1-4H3,(H,28,30). The van der Waals surface area contributed by atoms with E-state index >= 15 is 0 Å². The molecule has 0 radical (unpaired) electrons. The van der Waals surface area contributed by atoms with Crippen LogP contribution in [0, 0.1) is 17.1 Å². The van der Waals surface area contributed by atoms with Crippen LogP contribution >= 0.6 is 11.6 Å². The summed E-state index contributed by atoms with van der Waals surface area (Å²) in [5, 5.41) is 17.2. The molecule has 2 aromatic carbocycles. The highest BCUT2D eigenvalue weighted by atomic mass is 35.5. The Morgan fingerprint density at radius 1 is 1.28 bits per heavy atom. The summed E-state index contributed by atoms with van der Waals surface area (Å²) < 4.78 is 19.5. The van der Waals surface area contributed by atoms with Crippen LogP contribution in [0.2, 0.25) is 5.02 Å². The van der Waals surface area contributed by atoms with Crippen LogP contribution in [0.4, 0.5) is 21.5 Å². The second-order valence-corrected chi connectivity index (χ2v) is 8.26. The van der Waals surface area contributed by atoms with Crippen molar-refractivity contribution in [3.05, 3.63) is 52.9 Å². The van der Waals surface area contributed by atoms with Crippen LogP contribution < -0.4 is 15.4 Å². The Labute approximate surface area is 193 Å². The lowest BCUT2D eigenvalue weighted by molar-refractivity contribution is 0.341. The van der Waals surface area contributed by atoms with Crippen LogP contribution in [0.15, 0.2) is 36.5 Å². The van der Waals surface area contributed by atoms with Gasteiger partial charge in [0.1, 0.15) is 17.6 Å². The van der Waals surface area contributed by atoms with Crippen molar-refractivity contribution >= 4 is 39.6 Å². The van der Waals surface area contributed by atoms with Gasteiger partial charge in [-0.1, -0.05) is 11.6 Å². The molecule has 0 aliphatic heterocycles. The minimum Gasteiger partial charge on any atom is -0.492 e. The number of nitrogens with one attached hydrogen (secondary N) is 2. The van der Waals surface area contributed by atoms with Gasteiger partial charge in [-0.05, 0) is 65.2 Å². The fraction of sp³-hybridized carbons (Fsp3) is 0.333. The number of benzene rings is 2. The van der Waals surface area contributed by atoms with E-state index in [1.807, 2.05) is 33.2 Å². The van der Waals surface area contributed by atoms with E-state index < -0.39 is 5.82 Å². The number of pyridine rings is 1. The first kappa shape index (κ1) is 23.6. The largest absolute Gasteiger partial charge is 0.492 e. The van der Waals surface area contributed by atoms with Crippen LogP contribution in [0.1, 0.15) is 25.8 Å². The molecule has 0 amide bonds. The molecule has 0 spiro atoms. The van der Waals surface area contributed by atoms with Crippen LogP contribution in [0.5, 0.6) is 5.75 Å². The van der Waals surface area contributed by atoms with Crippen molar-refractivity contribution < 1.29 is 9.13 Å². The Morgan fingerprint density at radius 2 is 2.06 bits per heavy atom. The molecule has 6 nitrogen and oxygen atoms in total. The van der Waals surface area contributed by atoms with Gasteiger partial charge in [-0.2, -0.15) is 5.26 Å². The van der Waals surface area contributed by atoms with Crippen molar-refractivity contribution in [3.8, 4) is 11.8 Å². The average Bonchev–Trinajstić information content (AvgIpc) is 2.76. The Bertz CT molecular complexity index is 1150. The number of aromatic nitrogens is 1. The van der Waals surface area contributed by atoms with E-state index in [0.717, 1.165) is 24.0 Å². The number of fused-ring (bicyclic) bond motifs is 1.